The van der Waals surface area contributed by atoms with Crippen LogP contribution in [0.3, 0.4) is 0 Å². The van der Waals surface area contributed by atoms with E-state index in [1.54, 1.807) is 6.92 Å². The topological polar surface area (TPSA) is 58.1 Å². The summed E-state index contributed by atoms with van der Waals surface area (Å²) in [5.41, 5.74) is 1.90. The number of aryl methyl sites for hydroxylation is 1. The summed E-state index contributed by atoms with van der Waals surface area (Å²) in [4.78, 5) is 24.3. The summed E-state index contributed by atoms with van der Waals surface area (Å²) < 4.78 is 27.2. The average Bonchev–Trinajstić information content (AvgIpc) is 2.83. The first-order valence-electron chi connectivity index (χ1n) is 11.2. The highest BCUT2D eigenvalue weighted by Gasteiger charge is 2.28. The summed E-state index contributed by atoms with van der Waals surface area (Å²) in [6.45, 7) is 2.97. The molecule has 3 aromatic carbocycles. The molecule has 1 aromatic heterocycles. The molecule has 7 heteroatoms. The van der Waals surface area contributed by atoms with Crippen molar-refractivity contribution in [3.8, 4) is 0 Å². The molecule has 1 N–H and O–H groups in total. The van der Waals surface area contributed by atoms with E-state index >= 15 is 0 Å². The second-order valence-electron chi connectivity index (χ2n) is 8.47. The number of rotatable bonds is 4. The molecular formula is C26H24F2N4O. The molecule has 1 unspecified atom stereocenters. The summed E-state index contributed by atoms with van der Waals surface area (Å²) in [5, 5.41) is 5.29. The predicted octanol–water partition coefficient (Wildman–Crippen LogP) is 5.48. The second kappa shape index (κ2) is 8.73. The Bertz CT molecular complexity index is 1350. The highest BCUT2D eigenvalue weighted by atomic mass is 19.2. The van der Waals surface area contributed by atoms with E-state index in [1.165, 1.54) is 0 Å². The number of hydrogen-bond donors (Lipinski definition) is 1. The van der Waals surface area contributed by atoms with Gasteiger partial charge in [-0.15, -0.1) is 0 Å². The third-order valence-corrected chi connectivity index (χ3v) is 6.29. The number of benzene rings is 3. The van der Waals surface area contributed by atoms with Gasteiger partial charge in [-0.3, -0.25) is 4.79 Å². The molecule has 33 heavy (non-hydrogen) atoms. The molecule has 0 aliphatic carbocycles. The Morgan fingerprint density at radius 2 is 1.76 bits per heavy atom. The number of hydrogen-bond acceptors (Lipinski definition) is 4. The number of nitrogens with zero attached hydrogens (tertiary/aromatic N) is 3. The quantitative estimate of drug-likeness (QED) is 0.451. The molecule has 2 heterocycles. The van der Waals surface area contributed by atoms with Crippen molar-refractivity contribution in [2.45, 2.75) is 32.2 Å². The van der Waals surface area contributed by atoms with Crippen LogP contribution in [0.4, 0.5) is 14.6 Å². The predicted molar refractivity (Wildman–Crippen MR) is 125 cm³/mol. The van der Waals surface area contributed by atoms with E-state index in [2.05, 4.69) is 15.3 Å². The maximum Gasteiger partial charge on any atom is 0.254 e. The molecule has 1 saturated heterocycles. The van der Waals surface area contributed by atoms with E-state index in [9.17, 15) is 13.6 Å². The fraction of sp³-hybridized carbons (Fsp3) is 0.269. The first-order chi connectivity index (χ1) is 16.0. The van der Waals surface area contributed by atoms with E-state index in [4.69, 9.17) is 0 Å². The molecular weight excluding hydrogens is 422 g/mol. The van der Waals surface area contributed by atoms with Crippen molar-refractivity contribution in [1.82, 2.24) is 14.9 Å². The van der Waals surface area contributed by atoms with E-state index in [0.717, 1.165) is 42.2 Å². The molecule has 1 atom stereocenters. The normalized spacial score (nSPS) is 16.3. The number of piperidine rings is 1. The second-order valence-corrected chi connectivity index (χ2v) is 8.47. The summed E-state index contributed by atoms with van der Waals surface area (Å²) in [7, 11) is 0. The van der Waals surface area contributed by atoms with Crippen molar-refractivity contribution in [3.05, 3.63) is 77.5 Å². The maximum absolute atomic E-state index is 13.7. The molecule has 168 valence electrons. The Hall–Kier alpha value is -3.61. The van der Waals surface area contributed by atoms with Gasteiger partial charge in [0.15, 0.2) is 11.6 Å². The first kappa shape index (κ1) is 21.2. The van der Waals surface area contributed by atoms with Crippen molar-refractivity contribution in [2.24, 2.45) is 0 Å². The Morgan fingerprint density at radius 3 is 2.58 bits per heavy atom. The molecule has 5 rings (SSSR count). The molecule has 1 amide bonds. The van der Waals surface area contributed by atoms with Crippen molar-refractivity contribution in [2.75, 3.05) is 18.4 Å². The zero-order valence-corrected chi connectivity index (χ0v) is 18.3. The van der Waals surface area contributed by atoms with Crippen LogP contribution in [0, 0.1) is 18.6 Å². The molecule has 4 aromatic rings. The molecule has 0 saturated carbocycles. The third-order valence-electron chi connectivity index (χ3n) is 6.29. The Morgan fingerprint density at radius 1 is 1.03 bits per heavy atom. The van der Waals surface area contributed by atoms with Gasteiger partial charge in [0.1, 0.15) is 5.82 Å². The number of aromatic nitrogens is 2. The fourth-order valence-corrected chi connectivity index (χ4v) is 4.57. The zero-order valence-electron chi connectivity index (χ0n) is 18.3. The molecule has 1 fully saturated rings. The summed E-state index contributed by atoms with van der Waals surface area (Å²) in [6.07, 6.45) is 2.88. The number of halogens is 2. The average molecular weight is 447 g/mol. The molecule has 0 spiro atoms. The Kier molecular flexibility index (Phi) is 5.62. The van der Waals surface area contributed by atoms with Gasteiger partial charge >= 0.3 is 0 Å². The fourth-order valence-electron chi connectivity index (χ4n) is 4.57. The van der Waals surface area contributed by atoms with Gasteiger partial charge < -0.3 is 10.2 Å². The van der Waals surface area contributed by atoms with Gasteiger partial charge in [0, 0.05) is 36.8 Å². The summed E-state index contributed by atoms with van der Waals surface area (Å²) in [6, 6.07) is 15.8. The van der Waals surface area contributed by atoms with Crippen LogP contribution in [0.2, 0.25) is 0 Å². The number of likely N-dealkylation sites (tertiary alicyclic amines) is 1. The third kappa shape index (κ3) is 4.11. The minimum absolute atomic E-state index is 0.00734. The maximum atomic E-state index is 13.7. The van der Waals surface area contributed by atoms with Crippen LogP contribution < -0.4 is 5.32 Å². The van der Waals surface area contributed by atoms with Crippen LogP contribution in [0.25, 0.3) is 21.8 Å². The van der Waals surface area contributed by atoms with Crippen LogP contribution in [-0.4, -0.2) is 39.9 Å². The van der Waals surface area contributed by atoms with Crippen molar-refractivity contribution in [1.29, 1.82) is 0 Å². The van der Waals surface area contributed by atoms with Crippen LogP contribution >= 0.6 is 0 Å². The van der Waals surface area contributed by atoms with E-state index < -0.39 is 11.6 Å². The molecule has 0 radical (unpaired) electrons. The van der Waals surface area contributed by atoms with E-state index in [0.29, 0.717) is 35.7 Å². The lowest BCUT2D eigenvalue weighted by molar-refractivity contribution is 0.0630. The number of nitrogens with one attached hydrogen (secondary N) is 1. The molecule has 1 aliphatic heterocycles. The van der Waals surface area contributed by atoms with E-state index in [1.807, 2.05) is 47.4 Å². The first-order valence-corrected chi connectivity index (χ1v) is 11.2. The number of fused-ring (bicyclic) bond motifs is 2. The SMILES string of the molecule is Cc1nc2cc(F)c(F)cc2nc1NCC1CCCCN1C(=O)c1cccc2ccccc12. The van der Waals surface area contributed by atoms with Crippen LogP contribution in [-0.2, 0) is 0 Å². The van der Waals surface area contributed by atoms with Crippen LogP contribution in [0.1, 0.15) is 35.3 Å². The lowest BCUT2D eigenvalue weighted by Crippen LogP contribution is -2.47. The van der Waals surface area contributed by atoms with Crippen LogP contribution in [0.15, 0.2) is 54.6 Å². The van der Waals surface area contributed by atoms with Gasteiger partial charge in [-0.25, -0.2) is 18.7 Å². The minimum atomic E-state index is -0.953. The number of carbonyl (C=O) groups is 1. The number of carbonyl (C=O) groups excluding carboxylic acids is 1. The van der Waals surface area contributed by atoms with Gasteiger partial charge in [0.2, 0.25) is 0 Å². The number of anilines is 1. The largest absolute Gasteiger partial charge is 0.366 e. The van der Waals surface area contributed by atoms with Gasteiger partial charge in [-0.05, 0) is 43.0 Å². The monoisotopic (exact) mass is 446 g/mol. The van der Waals surface area contributed by atoms with Crippen molar-refractivity contribution < 1.29 is 13.6 Å². The molecule has 0 bridgehead atoms. The lowest BCUT2D eigenvalue weighted by Gasteiger charge is -2.36. The van der Waals surface area contributed by atoms with Crippen molar-refractivity contribution in [3.63, 3.8) is 0 Å². The molecule has 1 aliphatic rings. The highest BCUT2D eigenvalue weighted by molar-refractivity contribution is 6.07. The Balaban J connectivity index is 1.39. The van der Waals surface area contributed by atoms with Crippen molar-refractivity contribution >= 4 is 33.5 Å². The highest BCUT2D eigenvalue weighted by Crippen LogP contribution is 2.25. The van der Waals surface area contributed by atoms with Gasteiger partial charge in [-0.1, -0.05) is 36.4 Å². The van der Waals surface area contributed by atoms with Gasteiger partial charge in [0.25, 0.3) is 5.91 Å². The lowest BCUT2D eigenvalue weighted by atomic mass is 9.98. The minimum Gasteiger partial charge on any atom is -0.366 e. The summed E-state index contributed by atoms with van der Waals surface area (Å²) in [5.74, 6) is -1.36. The van der Waals surface area contributed by atoms with Gasteiger partial charge in [0.05, 0.1) is 16.7 Å². The molecule has 5 nitrogen and oxygen atoms in total. The van der Waals surface area contributed by atoms with Crippen LogP contribution in [0.5, 0.6) is 0 Å². The van der Waals surface area contributed by atoms with E-state index in [-0.39, 0.29) is 17.5 Å². The van der Waals surface area contributed by atoms with Gasteiger partial charge in [-0.2, -0.15) is 0 Å². The Labute approximate surface area is 190 Å². The smallest absolute Gasteiger partial charge is 0.254 e. The zero-order chi connectivity index (χ0) is 22.9. The number of amides is 1. The summed E-state index contributed by atoms with van der Waals surface area (Å²) >= 11 is 0. The standard InChI is InChI=1S/C26H24F2N4O/c1-16-25(31-24-14-22(28)21(27)13-23(24)30-16)29-15-18-9-4-5-12-32(18)26(33)20-11-6-8-17-7-2-3-10-19(17)20/h2-3,6-8,10-11,13-14,18H,4-5,9,12,15H2,1H3,(H,29,31).